The van der Waals surface area contributed by atoms with E-state index < -0.39 is 11.7 Å². The van der Waals surface area contributed by atoms with E-state index in [4.69, 9.17) is 4.74 Å². The van der Waals surface area contributed by atoms with Gasteiger partial charge in [0.25, 0.3) is 5.91 Å². The van der Waals surface area contributed by atoms with E-state index in [1.807, 2.05) is 0 Å². The fraction of sp³-hybridized carbons (Fsp3) is 0.231. The molecule has 1 aromatic rings. The Morgan fingerprint density at radius 3 is 2.67 bits per heavy atom. The fourth-order valence-corrected chi connectivity index (χ4v) is 1.98. The molecule has 0 aliphatic carbocycles. The summed E-state index contributed by atoms with van der Waals surface area (Å²) in [6, 6.07) is 4.42. The number of halogens is 1. The Balaban J connectivity index is 2.59. The molecular weight excluding hydrogens is 237 g/mol. The number of imide groups is 1. The molecule has 0 spiro atoms. The van der Waals surface area contributed by atoms with Gasteiger partial charge in [-0.3, -0.25) is 14.9 Å². The Bertz CT molecular complexity index is 563. The zero-order chi connectivity index (χ0) is 13.3. The van der Waals surface area contributed by atoms with Crippen LogP contribution in [0.2, 0.25) is 0 Å². The van der Waals surface area contributed by atoms with Crippen LogP contribution < -0.4 is 10.1 Å². The molecule has 4 nitrogen and oxygen atoms in total. The molecule has 18 heavy (non-hydrogen) atoms. The lowest BCUT2D eigenvalue weighted by Gasteiger charge is -2.11. The van der Waals surface area contributed by atoms with E-state index in [9.17, 15) is 14.0 Å². The second-order valence-corrected chi connectivity index (χ2v) is 3.97. The molecule has 1 N–H and O–H groups in total. The molecule has 0 bridgehead atoms. The highest BCUT2D eigenvalue weighted by Crippen LogP contribution is 2.32. The maximum absolute atomic E-state index is 13.8. The lowest BCUT2D eigenvalue weighted by atomic mass is 9.99. The van der Waals surface area contributed by atoms with Crippen LogP contribution in [-0.4, -0.2) is 18.9 Å². The molecule has 1 aliphatic heterocycles. The van der Waals surface area contributed by atoms with Gasteiger partial charge in [0.2, 0.25) is 5.91 Å². The SMILES string of the molecule is COc1cccc(F)c1/C(C)=C1/CC(=O)NC1=O. The van der Waals surface area contributed by atoms with Crippen molar-refractivity contribution in [2.75, 3.05) is 7.11 Å². The average molecular weight is 249 g/mol. The van der Waals surface area contributed by atoms with Crippen molar-refractivity contribution in [2.45, 2.75) is 13.3 Å². The summed E-state index contributed by atoms with van der Waals surface area (Å²) in [6.07, 6.45) is -0.0256. The number of hydrogen-bond donors (Lipinski definition) is 1. The quantitative estimate of drug-likeness (QED) is 0.640. The first-order chi connectivity index (χ1) is 8.54. The molecule has 2 rings (SSSR count). The molecule has 0 saturated carbocycles. The van der Waals surface area contributed by atoms with Crippen LogP contribution in [0.5, 0.6) is 5.75 Å². The fourth-order valence-electron chi connectivity index (χ4n) is 1.98. The minimum atomic E-state index is -0.480. The molecule has 0 aromatic heterocycles. The first-order valence-corrected chi connectivity index (χ1v) is 5.41. The minimum absolute atomic E-state index is 0.0256. The minimum Gasteiger partial charge on any atom is -0.496 e. The molecule has 2 amide bonds. The number of carbonyl (C=O) groups is 2. The van der Waals surface area contributed by atoms with Crippen LogP contribution in [-0.2, 0) is 9.59 Å². The van der Waals surface area contributed by atoms with Crippen molar-refractivity contribution in [3.63, 3.8) is 0 Å². The van der Waals surface area contributed by atoms with Crippen LogP contribution in [0, 0.1) is 5.82 Å². The number of rotatable bonds is 2. The topological polar surface area (TPSA) is 55.4 Å². The van der Waals surface area contributed by atoms with Gasteiger partial charge in [0.1, 0.15) is 11.6 Å². The number of carbonyl (C=O) groups excluding carboxylic acids is 2. The van der Waals surface area contributed by atoms with Crippen LogP contribution in [0.1, 0.15) is 18.9 Å². The van der Waals surface area contributed by atoms with Crippen molar-refractivity contribution in [3.05, 3.63) is 35.2 Å². The highest BCUT2D eigenvalue weighted by atomic mass is 19.1. The maximum atomic E-state index is 13.8. The third-order valence-electron chi connectivity index (χ3n) is 2.89. The second kappa shape index (κ2) is 4.60. The number of ether oxygens (including phenoxy) is 1. The zero-order valence-corrected chi connectivity index (χ0v) is 10.0. The highest BCUT2D eigenvalue weighted by Gasteiger charge is 2.28. The molecule has 1 heterocycles. The van der Waals surface area contributed by atoms with Crippen molar-refractivity contribution in [1.29, 1.82) is 0 Å². The molecule has 1 saturated heterocycles. The zero-order valence-electron chi connectivity index (χ0n) is 10.0. The summed E-state index contributed by atoms with van der Waals surface area (Å²) in [4.78, 5) is 22.7. The largest absolute Gasteiger partial charge is 0.496 e. The lowest BCUT2D eigenvalue weighted by molar-refractivity contribution is -0.124. The standard InChI is InChI=1S/C13H12FNO3/c1-7(8-6-11(16)15-13(8)17)12-9(14)4-3-5-10(12)18-2/h3-5H,6H2,1-2H3,(H,15,16,17)/b8-7-. The number of amides is 2. The predicted molar refractivity (Wildman–Crippen MR) is 63.3 cm³/mol. The molecule has 1 fully saturated rings. The van der Waals surface area contributed by atoms with E-state index >= 15 is 0 Å². The molecular formula is C13H12FNO3. The molecule has 94 valence electrons. The van der Waals surface area contributed by atoms with Gasteiger partial charge in [-0.2, -0.15) is 0 Å². The summed E-state index contributed by atoms with van der Waals surface area (Å²) in [6.45, 7) is 1.61. The molecule has 0 atom stereocenters. The maximum Gasteiger partial charge on any atom is 0.254 e. The van der Waals surface area contributed by atoms with Gasteiger partial charge >= 0.3 is 0 Å². The van der Waals surface area contributed by atoms with Gasteiger partial charge in [-0.15, -0.1) is 0 Å². The third kappa shape index (κ3) is 1.99. The summed E-state index contributed by atoms with van der Waals surface area (Å²) in [5.41, 5.74) is 0.927. The first-order valence-electron chi connectivity index (χ1n) is 5.41. The number of nitrogens with one attached hydrogen (secondary N) is 1. The number of hydrogen-bond acceptors (Lipinski definition) is 3. The van der Waals surface area contributed by atoms with Crippen LogP contribution in [0.15, 0.2) is 23.8 Å². The van der Waals surface area contributed by atoms with E-state index in [2.05, 4.69) is 5.32 Å². The summed E-state index contributed by atoms with van der Waals surface area (Å²) in [5.74, 6) is -0.980. The van der Waals surface area contributed by atoms with Crippen LogP contribution >= 0.6 is 0 Å². The van der Waals surface area contributed by atoms with Crippen molar-refractivity contribution >= 4 is 17.4 Å². The molecule has 1 aromatic carbocycles. The summed E-state index contributed by atoms with van der Waals surface area (Å²) >= 11 is 0. The normalized spacial score (nSPS) is 17.7. The van der Waals surface area contributed by atoms with Gasteiger partial charge in [0.15, 0.2) is 0 Å². The molecule has 0 radical (unpaired) electrons. The number of allylic oxidation sites excluding steroid dienone is 1. The van der Waals surface area contributed by atoms with Crippen LogP contribution in [0.3, 0.4) is 0 Å². The van der Waals surface area contributed by atoms with Crippen molar-refractivity contribution < 1.29 is 18.7 Å². The molecule has 0 unspecified atom stereocenters. The van der Waals surface area contributed by atoms with Crippen LogP contribution in [0.25, 0.3) is 5.57 Å². The van der Waals surface area contributed by atoms with E-state index in [-0.39, 0.29) is 23.5 Å². The van der Waals surface area contributed by atoms with Gasteiger partial charge in [-0.25, -0.2) is 4.39 Å². The molecule has 1 aliphatic rings. The summed E-state index contributed by atoms with van der Waals surface area (Å²) < 4.78 is 18.9. The Kier molecular flexibility index (Phi) is 3.14. The van der Waals surface area contributed by atoms with Crippen molar-refractivity contribution in [3.8, 4) is 5.75 Å². The van der Waals surface area contributed by atoms with E-state index in [0.717, 1.165) is 0 Å². The number of methoxy groups -OCH3 is 1. The summed E-state index contributed by atoms with van der Waals surface area (Å²) in [7, 11) is 1.43. The van der Waals surface area contributed by atoms with Gasteiger partial charge in [0, 0.05) is 5.57 Å². The lowest BCUT2D eigenvalue weighted by Crippen LogP contribution is -2.19. The Morgan fingerprint density at radius 2 is 2.11 bits per heavy atom. The molecule has 5 heteroatoms. The highest BCUT2D eigenvalue weighted by molar-refractivity contribution is 6.17. The van der Waals surface area contributed by atoms with Gasteiger partial charge in [-0.05, 0) is 24.6 Å². The van der Waals surface area contributed by atoms with Crippen molar-refractivity contribution in [1.82, 2.24) is 5.32 Å². The van der Waals surface area contributed by atoms with Gasteiger partial charge in [0.05, 0.1) is 19.1 Å². The van der Waals surface area contributed by atoms with E-state index in [1.165, 1.54) is 19.2 Å². The summed E-state index contributed by atoms with van der Waals surface area (Å²) in [5, 5.41) is 2.18. The van der Waals surface area contributed by atoms with E-state index in [0.29, 0.717) is 11.3 Å². The Hall–Kier alpha value is -2.17. The third-order valence-corrected chi connectivity index (χ3v) is 2.89. The number of benzene rings is 1. The van der Waals surface area contributed by atoms with Crippen LogP contribution in [0.4, 0.5) is 4.39 Å². The van der Waals surface area contributed by atoms with E-state index in [1.54, 1.807) is 13.0 Å². The van der Waals surface area contributed by atoms with Crippen molar-refractivity contribution in [2.24, 2.45) is 0 Å². The van der Waals surface area contributed by atoms with Gasteiger partial charge in [-0.1, -0.05) is 6.07 Å². The second-order valence-electron chi connectivity index (χ2n) is 3.97. The van der Waals surface area contributed by atoms with Gasteiger partial charge < -0.3 is 4.74 Å². The average Bonchev–Trinajstić information content (AvgIpc) is 2.67. The smallest absolute Gasteiger partial charge is 0.254 e. The Morgan fingerprint density at radius 1 is 1.39 bits per heavy atom. The Labute approximate surface area is 103 Å². The first kappa shape index (κ1) is 12.3. The predicted octanol–water partition coefficient (Wildman–Crippen LogP) is 1.65. The monoisotopic (exact) mass is 249 g/mol.